The number of nitrogens with zero attached hydrogens (tertiary/aromatic N) is 1. The molecule has 0 atom stereocenters. The molecule has 19 heavy (non-hydrogen) atoms. The fraction of sp³-hybridized carbons (Fsp3) is 0.231. The highest BCUT2D eigenvalue weighted by Crippen LogP contribution is 2.23. The van der Waals surface area contributed by atoms with Gasteiger partial charge in [0.1, 0.15) is 5.82 Å². The molecule has 4 nitrogen and oxygen atoms in total. The average molecular weight is 280 g/mol. The molecule has 0 unspecified atom stereocenters. The lowest BCUT2D eigenvalue weighted by Crippen LogP contribution is -2.01. The summed E-state index contributed by atoms with van der Waals surface area (Å²) in [7, 11) is 0. The fourth-order valence-corrected chi connectivity index (χ4v) is 2.57. The highest BCUT2D eigenvalue weighted by Gasteiger charge is 2.11. The average Bonchev–Trinajstić information content (AvgIpc) is 2.68. The summed E-state index contributed by atoms with van der Waals surface area (Å²) in [5, 5.41) is 12.4. The van der Waals surface area contributed by atoms with E-state index in [9.17, 15) is 9.18 Å². The van der Waals surface area contributed by atoms with Crippen LogP contribution in [0.3, 0.4) is 0 Å². The number of aliphatic carboxylic acids is 1. The number of aromatic nitrogens is 1. The lowest BCUT2D eigenvalue weighted by Gasteiger charge is -2.03. The molecule has 100 valence electrons. The summed E-state index contributed by atoms with van der Waals surface area (Å²) in [5.41, 5.74) is 1.25. The molecule has 0 fully saturated rings. The van der Waals surface area contributed by atoms with Crippen LogP contribution in [-0.2, 0) is 17.8 Å². The van der Waals surface area contributed by atoms with Crippen LogP contribution in [0.2, 0.25) is 0 Å². The van der Waals surface area contributed by atoms with E-state index >= 15 is 0 Å². The molecule has 6 heteroatoms. The van der Waals surface area contributed by atoms with Crippen LogP contribution in [0, 0.1) is 12.7 Å². The van der Waals surface area contributed by atoms with Gasteiger partial charge in [-0.25, -0.2) is 9.37 Å². The van der Waals surface area contributed by atoms with Crippen LogP contribution in [-0.4, -0.2) is 16.1 Å². The molecule has 2 rings (SSSR count). The first-order valence-electron chi connectivity index (χ1n) is 5.71. The van der Waals surface area contributed by atoms with Crippen molar-refractivity contribution in [1.82, 2.24) is 4.98 Å². The van der Waals surface area contributed by atoms with Crippen molar-refractivity contribution >= 4 is 22.4 Å². The Hall–Kier alpha value is -1.95. The minimum absolute atomic E-state index is 0.0368. The van der Waals surface area contributed by atoms with Crippen molar-refractivity contribution in [2.75, 3.05) is 5.32 Å². The molecule has 0 bridgehead atoms. The monoisotopic (exact) mass is 280 g/mol. The molecule has 0 amide bonds. The van der Waals surface area contributed by atoms with Crippen LogP contribution in [0.25, 0.3) is 0 Å². The molecule has 0 aliphatic rings. The topological polar surface area (TPSA) is 62.2 Å². The molecule has 2 N–H and O–H groups in total. The summed E-state index contributed by atoms with van der Waals surface area (Å²) in [5.74, 6) is -1.15. The summed E-state index contributed by atoms with van der Waals surface area (Å²) >= 11 is 1.29. The number of hydrogen-bond acceptors (Lipinski definition) is 4. The van der Waals surface area contributed by atoms with E-state index < -0.39 is 5.97 Å². The Morgan fingerprint density at radius 3 is 2.89 bits per heavy atom. The molecule has 0 saturated carbocycles. The number of hydrogen-bond donors (Lipinski definition) is 2. The number of rotatable bonds is 5. The van der Waals surface area contributed by atoms with Gasteiger partial charge in [-0.2, -0.15) is 0 Å². The number of halogens is 1. The smallest absolute Gasteiger partial charge is 0.308 e. The number of benzene rings is 1. The standard InChI is InChI=1S/C13H13FN2O2S/c1-8-11(6-12(17)18)19-13(16-8)15-7-9-4-2-3-5-10(9)14/h2-5H,6-7H2,1H3,(H,15,16)(H,17,18). The summed E-state index contributed by atoms with van der Waals surface area (Å²) in [6, 6.07) is 6.50. The van der Waals surface area contributed by atoms with E-state index in [1.54, 1.807) is 25.1 Å². The van der Waals surface area contributed by atoms with Crippen LogP contribution in [0.1, 0.15) is 16.1 Å². The second-order valence-corrected chi connectivity index (χ2v) is 5.13. The molecule has 2 aromatic rings. The zero-order valence-electron chi connectivity index (χ0n) is 10.3. The number of thiazole rings is 1. The van der Waals surface area contributed by atoms with E-state index in [1.165, 1.54) is 17.4 Å². The Morgan fingerprint density at radius 2 is 2.21 bits per heavy atom. The van der Waals surface area contributed by atoms with Gasteiger partial charge in [-0.1, -0.05) is 18.2 Å². The van der Waals surface area contributed by atoms with E-state index in [-0.39, 0.29) is 12.2 Å². The highest BCUT2D eigenvalue weighted by molar-refractivity contribution is 7.15. The van der Waals surface area contributed by atoms with Gasteiger partial charge in [-0.15, -0.1) is 11.3 Å². The second-order valence-electron chi connectivity index (χ2n) is 4.04. The molecular formula is C13H13FN2O2S. The number of nitrogens with one attached hydrogen (secondary N) is 1. The number of anilines is 1. The number of carboxylic acids is 1. The van der Waals surface area contributed by atoms with Gasteiger partial charge in [-0.3, -0.25) is 4.79 Å². The van der Waals surface area contributed by atoms with E-state index in [0.717, 1.165) is 0 Å². The molecule has 0 saturated heterocycles. The van der Waals surface area contributed by atoms with Gasteiger partial charge in [0.2, 0.25) is 0 Å². The molecule has 0 radical (unpaired) electrons. The molecule has 0 aliphatic heterocycles. The van der Waals surface area contributed by atoms with Gasteiger partial charge in [0.15, 0.2) is 5.13 Å². The van der Waals surface area contributed by atoms with Crippen molar-refractivity contribution in [1.29, 1.82) is 0 Å². The fourth-order valence-electron chi connectivity index (χ4n) is 1.62. The lowest BCUT2D eigenvalue weighted by atomic mass is 10.2. The van der Waals surface area contributed by atoms with Gasteiger partial charge in [-0.05, 0) is 13.0 Å². The van der Waals surface area contributed by atoms with E-state index in [4.69, 9.17) is 5.11 Å². The molecule has 1 aromatic heterocycles. The maximum absolute atomic E-state index is 13.4. The van der Waals surface area contributed by atoms with Crippen molar-refractivity contribution in [2.24, 2.45) is 0 Å². The van der Waals surface area contributed by atoms with Crippen LogP contribution in [0.5, 0.6) is 0 Å². The van der Waals surface area contributed by atoms with Gasteiger partial charge >= 0.3 is 5.97 Å². The highest BCUT2D eigenvalue weighted by atomic mass is 32.1. The Morgan fingerprint density at radius 1 is 1.47 bits per heavy atom. The summed E-state index contributed by atoms with van der Waals surface area (Å²) in [6.07, 6.45) is -0.0368. The van der Waals surface area contributed by atoms with Crippen LogP contribution in [0.15, 0.2) is 24.3 Å². The second kappa shape index (κ2) is 5.79. The molecule has 0 aliphatic carbocycles. The van der Waals surface area contributed by atoms with Crippen molar-refractivity contribution in [3.05, 3.63) is 46.2 Å². The van der Waals surface area contributed by atoms with Crippen molar-refractivity contribution < 1.29 is 14.3 Å². The Balaban J connectivity index is 2.04. The van der Waals surface area contributed by atoms with Crippen molar-refractivity contribution in [3.63, 3.8) is 0 Å². The minimum atomic E-state index is -0.882. The predicted molar refractivity (Wildman–Crippen MR) is 71.9 cm³/mol. The third-order valence-corrected chi connectivity index (χ3v) is 3.71. The Bertz CT molecular complexity index is 598. The van der Waals surface area contributed by atoms with Crippen LogP contribution >= 0.6 is 11.3 Å². The van der Waals surface area contributed by atoms with Crippen molar-refractivity contribution in [2.45, 2.75) is 19.9 Å². The number of aryl methyl sites for hydroxylation is 1. The normalized spacial score (nSPS) is 10.4. The molecule has 1 aromatic carbocycles. The number of carbonyl (C=O) groups is 1. The maximum Gasteiger partial charge on any atom is 0.308 e. The van der Waals surface area contributed by atoms with Gasteiger partial charge < -0.3 is 10.4 Å². The zero-order chi connectivity index (χ0) is 13.8. The first-order chi connectivity index (χ1) is 9.06. The van der Waals surface area contributed by atoms with Crippen LogP contribution < -0.4 is 5.32 Å². The first kappa shape index (κ1) is 13.5. The Labute approximate surface area is 113 Å². The minimum Gasteiger partial charge on any atom is -0.481 e. The molecular weight excluding hydrogens is 267 g/mol. The summed E-state index contributed by atoms with van der Waals surface area (Å²) in [6.45, 7) is 2.09. The van der Waals surface area contributed by atoms with Crippen LogP contribution in [0.4, 0.5) is 9.52 Å². The Kier molecular flexibility index (Phi) is 4.11. The largest absolute Gasteiger partial charge is 0.481 e. The zero-order valence-corrected chi connectivity index (χ0v) is 11.1. The predicted octanol–water partition coefficient (Wildman–Crippen LogP) is 2.83. The van der Waals surface area contributed by atoms with E-state index in [2.05, 4.69) is 10.3 Å². The van der Waals surface area contributed by atoms with E-state index in [0.29, 0.717) is 27.8 Å². The summed E-state index contributed by atoms with van der Waals surface area (Å²) in [4.78, 5) is 15.6. The van der Waals surface area contributed by atoms with Crippen molar-refractivity contribution in [3.8, 4) is 0 Å². The van der Waals surface area contributed by atoms with Gasteiger partial charge in [0.05, 0.1) is 12.1 Å². The third kappa shape index (κ3) is 3.51. The first-order valence-corrected chi connectivity index (χ1v) is 6.53. The molecule has 0 spiro atoms. The third-order valence-electron chi connectivity index (χ3n) is 2.59. The number of carboxylic acid groups (broad SMARTS) is 1. The maximum atomic E-state index is 13.4. The van der Waals surface area contributed by atoms with E-state index in [1.807, 2.05) is 0 Å². The SMILES string of the molecule is Cc1nc(NCc2ccccc2F)sc1CC(=O)O. The van der Waals surface area contributed by atoms with Gasteiger partial charge in [0.25, 0.3) is 0 Å². The quantitative estimate of drug-likeness (QED) is 0.884. The summed E-state index contributed by atoms with van der Waals surface area (Å²) < 4.78 is 13.4. The lowest BCUT2D eigenvalue weighted by molar-refractivity contribution is -0.136. The molecule has 1 heterocycles. The van der Waals surface area contributed by atoms with Gasteiger partial charge in [0, 0.05) is 17.0 Å².